The second-order valence-electron chi connectivity index (χ2n) is 8.24. The predicted molar refractivity (Wildman–Crippen MR) is 112 cm³/mol. The molecule has 1 atom stereocenters. The summed E-state index contributed by atoms with van der Waals surface area (Å²) < 4.78 is 17.5. The number of H-pyrrole nitrogens is 1. The topological polar surface area (TPSA) is 110 Å². The fourth-order valence-electron chi connectivity index (χ4n) is 4.13. The van der Waals surface area contributed by atoms with Crippen LogP contribution in [-0.2, 0) is 0 Å². The maximum atomic E-state index is 12.9. The Morgan fingerprint density at radius 3 is 3.00 bits per heavy atom. The summed E-state index contributed by atoms with van der Waals surface area (Å²) in [7, 11) is 0. The van der Waals surface area contributed by atoms with E-state index in [1.807, 2.05) is 12.1 Å². The van der Waals surface area contributed by atoms with Crippen LogP contribution >= 0.6 is 0 Å². The van der Waals surface area contributed by atoms with Crippen LogP contribution in [0.1, 0.15) is 29.6 Å². The van der Waals surface area contributed by atoms with E-state index in [4.69, 9.17) is 14.2 Å². The lowest BCUT2D eigenvalue weighted by Crippen LogP contribution is -2.36. The van der Waals surface area contributed by atoms with Crippen molar-refractivity contribution in [3.05, 3.63) is 30.2 Å². The van der Waals surface area contributed by atoms with Gasteiger partial charge in [0.05, 0.1) is 23.3 Å². The fourth-order valence-corrected chi connectivity index (χ4v) is 4.13. The van der Waals surface area contributed by atoms with E-state index in [1.165, 1.54) is 19.2 Å². The molecular weight excluding hydrogens is 398 g/mol. The second-order valence-corrected chi connectivity index (χ2v) is 8.24. The molecule has 1 aliphatic carbocycles. The van der Waals surface area contributed by atoms with Crippen molar-refractivity contribution in [3.8, 4) is 28.5 Å². The molecule has 4 heterocycles. The Labute approximate surface area is 178 Å². The van der Waals surface area contributed by atoms with Crippen molar-refractivity contribution in [2.24, 2.45) is 5.92 Å². The molecule has 0 spiro atoms. The average molecular weight is 421 g/mol. The van der Waals surface area contributed by atoms with E-state index >= 15 is 0 Å². The second kappa shape index (κ2) is 7.42. The van der Waals surface area contributed by atoms with Gasteiger partial charge in [-0.05, 0) is 43.9 Å². The van der Waals surface area contributed by atoms with E-state index in [-0.39, 0.29) is 18.7 Å². The third-order valence-electron chi connectivity index (χ3n) is 6.01. The Kier molecular flexibility index (Phi) is 4.41. The first-order valence-electron chi connectivity index (χ1n) is 10.7. The quantitative estimate of drug-likeness (QED) is 0.560. The van der Waals surface area contributed by atoms with Crippen molar-refractivity contribution < 1.29 is 19.0 Å². The number of carbonyl (C=O) groups is 1. The summed E-state index contributed by atoms with van der Waals surface area (Å²) in [5.74, 6) is 2.40. The number of benzene rings is 1. The minimum atomic E-state index is -0.146. The molecule has 9 nitrogen and oxygen atoms in total. The Bertz CT molecular complexity index is 1150. The highest BCUT2D eigenvalue weighted by molar-refractivity contribution is 6.08. The van der Waals surface area contributed by atoms with Gasteiger partial charge in [-0.25, -0.2) is 9.97 Å². The van der Waals surface area contributed by atoms with Crippen molar-refractivity contribution in [2.45, 2.75) is 25.3 Å². The van der Waals surface area contributed by atoms with Crippen molar-refractivity contribution in [2.75, 3.05) is 26.5 Å². The van der Waals surface area contributed by atoms with Crippen molar-refractivity contribution in [1.82, 2.24) is 25.6 Å². The van der Waals surface area contributed by atoms with Crippen LogP contribution in [0.3, 0.4) is 0 Å². The molecule has 3 aliphatic rings. The number of fused-ring (bicyclic) bond motifs is 2. The van der Waals surface area contributed by atoms with Gasteiger partial charge in [0.2, 0.25) is 6.79 Å². The van der Waals surface area contributed by atoms with Crippen LogP contribution in [0.5, 0.6) is 17.2 Å². The van der Waals surface area contributed by atoms with E-state index < -0.39 is 0 Å². The molecule has 2 aliphatic heterocycles. The molecule has 31 heavy (non-hydrogen) atoms. The Balaban J connectivity index is 1.41. The summed E-state index contributed by atoms with van der Waals surface area (Å²) in [5.41, 5.74) is 3.07. The molecule has 2 fully saturated rings. The SMILES string of the molecule is O=C(NC1CCNC1)c1c[nH]c2c(-c3c(OCC4CC4)ccc4c3OCO4)ncnc12. The number of carbonyl (C=O) groups excluding carboxylic acids is 1. The van der Waals surface area contributed by atoms with E-state index in [0.717, 1.165) is 25.1 Å². The summed E-state index contributed by atoms with van der Waals surface area (Å²) in [5, 5.41) is 6.33. The maximum Gasteiger partial charge on any atom is 0.255 e. The highest BCUT2D eigenvalue weighted by atomic mass is 16.7. The summed E-state index contributed by atoms with van der Waals surface area (Å²) in [6, 6.07) is 3.88. The summed E-state index contributed by atoms with van der Waals surface area (Å²) in [6.45, 7) is 2.50. The largest absolute Gasteiger partial charge is 0.492 e. The number of rotatable bonds is 6. The van der Waals surface area contributed by atoms with Gasteiger partial charge in [0.15, 0.2) is 11.5 Å². The van der Waals surface area contributed by atoms with Crippen LogP contribution in [0.2, 0.25) is 0 Å². The number of hydrogen-bond acceptors (Lipinski definition) is 7. The summed E-state index contributed by atoms with van der Waals surface area (Å²) >= 11 is 0. The number of hydrogen-bond donors (Lipinski definition) is 3. The average Bonchev–Trinajstić information content (AvgIpc) is 3.16. The monoisotopic (exact) mass is 421 g/mol. The normalized spacial score (nSPS) is 19.7. The Morgan fingerprint density at radius 1 is 1.23 bits per heavy atom. The number of amides is 1. The summed E-state index contributed by atoms with van der Waals surface area (Å²) in [4.78, 5) is 25.0. The first kappa shape index (κ1) is 18.4. The number of nitrogens with one attached hydrogen (secondary N) is 3. The Morgan fingerprint density at radius 2 is 2.16 bits per heavy atom. The van der Waals surface area contributed by atoms with E-state index in [0.29, 0.717) is 52.1 Å². The molecule has 1 saturated heterocycles. The lowest BCUT2D eigenvalue weighted by molar-refractivity contribution is 0.0941. The Hall–Kier alpha value is -3.33. The zero-order chi connectivity index (χ0) is 20.8. The first-order chi connectivity index (χ1) is 15.3. The lowest BCUT2D eigenvalue weighted by Gasteiger charge is -2.14. The predicted octanol–water partition coefficient (Wildman–Crippen LogP) is 2.23. The zero-order valence-corrected chi connectivity index (χ0v) is 16.9. The molecule has 3 aromatic rings. The van der Waals surface area contributed by atoms with Crippen molar-refractivity contribution in [3.63, 3.8) is 0 Å². The molecular formula is C22H23N5O4. The molecule has 1 amide bonds. The zero-order valence-electron chi connectivity index (χ0n) is 16.9. The van der Waals surface area contributed by atoms with Gasteiger partial charge in [-0.15, -0.1) is 0 Å². The summed E-state index contributed by atoms with van der Waals surface area (Å²) in [6.07, 6.45) is 6.47. The van der Waals surface area contributed by atoms with E-state index in [2.05, 4.69) is 25.6 Å². The molecule has 1 unspecified atom stereocenters. The van der Waals surface area contributed by atoms with Gasteiger partial charge in [0.1, 0.15) is 23.3 Å². The number of ether oxygens (including phenoxy) is 3. The van der Waals surface area contributed by atoms with Crippen molar-refractivity contribution >= 4 is 16.9 Å². The number of nitrogens with zero attached hydrogens (tertiary/aromatic N) is 2. The number of aromatic nitrogens is 3. The molecule has 6 rings (SSSR count). The molecule has 0 radical (unpaired) electrons. The van der Waals surface area contributed by atoms with Gasteiger partial charge < -0.3 is 29.8 Å². The van der Waals surface area contributed by atoms with E-state index in [1.54, 1.807) is 6.20 Å². The minimum absolute atomic E-state index is 0.129. The van der Waals surface area contributed by atoms with Crippen LogP contribution in [0.25, 0.3) is 22.3 Å². The molecule has 9 heteroatoms. The van der Waals surface area contributed by atoms with Crippen LogP contribution in [0.4, 0.5) is 0 Å². The lowest BCUT2D eigenvalue weighted by atomic mass is 10.1. The van der Waals surface area contributed by atoms with Gasteiger partial charge >= 0.3 is 0 Å². The molecule has 160 valence electrons. The van der Waals surface area contributed by atoms with Gasteiger partial charge in [0.25, 0.3) is 5.91 Å². The third-order valence-corrected chi connectivity index (χ3v) is 6.01. The van der Waals surface area contributed by atoms with Crippen LogP contribution in [0, 0.1) is 5.92 Å². The van der Waals surface area contributed by atoms with Crippen LogP contribution in [0.15, 0.2) is 24.7 Å². The van der Waals surface area contributed by atoms with Gasteiger partial charge in [-0.1, -0.05) is 0 Å². The van der Waals surface area contributed by atoms with Gasteiger partial charge in [0, 0.05) is 18.8 Å². The fraction of sp³-hybridized carbons (Fsp3) is 0.409. The van der Waals surface area contributed by atoms with Crippen LogP contribution < -0.4 is 24.8 Å². The molecule has 3 N–H and O–H groups in total. The molecule has 0 bridgehead atoms. The van der Waals surface area contributed by atoms with Crippen molar-refractivity contribution in [1.29, 1.82) is 0 Å². The first-order valence-corrected chi connectivity index (χ1v) is 10.7. The standard InChI is InChI=1S/C22H23N5O4/c28-22(27-13-5-6-23-7-13)14-8-24-20-18(14)25-10-26-19(20)17-15(29-9-12-1-2-12)3-4-16-21(17)31-11-30-16/h3-4,8,10,12-13,23-24H,1-2,5-7,9,11H2,(H,27,28). The third kappa shape index (κ3) is 3.34. The van der Waals surface area contributed by atoms with Gasteiger partial charge in [-0.2, -0.15) is 0 Å². The molecule has 2 aromatic heterocycles. The molecule has 1 saturated carbocycles. The highest BCUT2D eigenvalue weighted by Gasteiger charge is 2.29. The van der Waals surface area contributed by atoms with Crippen LogP contribution in [-0.4, -0.2) is 53.4 Å². The van der Waals surface area contributed by atoms with E-state index in [9.17, 15) is 4.79 Å². The number of aromatic amines is 1. The minimum Gasteiger partial charge on any atom is -0.492 e. The maximum absolute atomic E-state index is 12.9. The highest BCUT2D eigenvalue weighted by Crippen LogP contribution is 2.48. The van der Waals surface area contributed by atoms with Gasteiger partial charge in [-0.3, -0.25) is 4.79 Å². The smallest absolute Gasteiger partial charge is 0.255 e. The molecule has 1 aromatic carbocycles.